The lowest BCUT2D eigenvalue weighted by Crippen LogP contribution is -2.31. The molecule has 4 nitrogen and oxygen atoms in total. The first-order valence-corrected chi connectivity index (χ1v) is 6.78. The molecule has 0 amide bonds. The van der Waals surface area contributed by atoms with E-state index in [1.165, 1.54) is 12.1 Å². The van der Waals surface area contributed by atoms with E-state index < -0.39 is 6.10 Å². The van der Waals surface area contributed by atoms with Crippen molar-refractivity contribution in [3.8, 4) is 0 Å². The molecule has 0 aliphatic carbocycles. The normalized spacial score (nSPS) is 14.2. The van der Waals surface area contributed by atoms with Gasteiger partial charge < -0.3 is 10.4 Å². The summed E-state index contributed by atoms with van der Waals surface area (Å²) >= 11 is 0. The van der Waals surface area contributed by atoms with Gasteiger partial charge in [-0.25, -0.2) is 4.39 Å². The van der Waals surface area contributed by atoms with Crippen molar-refractivity contribution in [1.29, 1.82) is 0 Å². The van der Waals surface area contributed by atoms with Gasteiger partial charge in [-0.1, -0.05) is 12.1 Å². The van der Waals surface area contributed by atoms with Crippen LogP contribution in [-0.4, -0.2) is 20.9 Å². The average molecular weight is 277 g/mol. The Morgan fingerprint density at radius 1 is 1.35 bits per heavy atom. The highest BCUT2D eigenvalue weighted by Crippen LogP contribution is 2.17. The summed E-state index contributed by atoms with van der Waals surface area (Å²) in [5, 5.41) is 17.7. The maximum absolute atomic E-state index is 12.8. The molecule has 1 aromatic carbocycles. The number of aromatic nitrogens is 2. The predicted octanol–water partition coefficient (Wildman–Crippen LogP) is 2.25. The zero-order chi connectivity index (χ0) is 14.5. The molecule has 0 aliphatic heterocycles. The van der Waals surface area contributed by atoms with Gasteiger partial charge in [-0.2, -0.15) is 5.10 Å². The van der Waals surface area contributed by atoms with Gasteiger partial charge in [0.1, 0.15) is 5.82 Å². The van der Waals surface area contributed by atoms with E-state index in [4.69, 9.17) is 0 Å². The molecule has 1 heterocycles. The first-order chi connectivity index (χ1) is 9.60. The minimum absolute atomic E-state index is 0.134. The molecule has 108 valence electrons. The molecule has 0 aliphatic rings. The number of benzene rings is 1. The van der Waals surface area contributed by atoms with Crippen LogP contribution in [0.25, 0.3) is 0 Å². The number of rotatable bonds is 6. The topological polar surface area (TPSA) is 50.1 Å². The molecule has 2 unspecified atom stereocenters. The van der Waals surface area contributed by atoms with Crippen LogP contribution in [-0.2, 0) is 13.1 Å². The van der Waals surface area contributed by atoms with Crippen LogP contribution in [0.1, 0.15) is 31.1 Å². The van der Waals surface area contributed by atoms with Crippen molar-refractivity contribution in [1.82, 2.24) is 15.1 Å². The summed E-state index contributed by atoms with van der Waals surface area (Å²) < 4.78 is 14.7. The lowest BCUT2D eigenvalue weighted by atomic mass is 10.0. The molecule has 1 aromatic heterocycles. The molecular formula is C15H20FN3O. The molecule has 0 bridgehead atoms. The molecule has 2 rings (SSSR count). The van der Waals surface area contributed by atoms with Crippen molar-refractivity contribution in [3.05, 3.63) is 53.6 Å². The first kappa shape index (κ1) is 14.7. The maximum atomic E-state index is 12.8. The van der Waals surface area contributed by atoms with Crippen LogP contribution in [0.2, 0.25) is 0 Å². The highest BCUT2D eigenvalue weighted by atomic mass is 19.1. The van der Waals surface area contributed by atoms with Gasteiger partial charge in [0.2, 0.25) is 0 Å². The van der Waals surface area contributed by atoms with Gasteiger partial charge >= 0.3 is 0 Å². The number of aliphatic hydroxyl groups excluding tert-OH is 1. The van der Waals surface area contributed by atoms with Crippen molar-refractivity contribution in [2.45, 2.75) is 39.1 Å². The number of halogens is 1. The van der Waals surface area contributed by atoms with Crippen molar-refractivity contribution in [2.75, 3.05) is 0 Å². The van der Waals surface area contributed by atoms with Crippen LogP contribution in [0.3, 0.4) is 0 Å². The summed E-state index contributed by atoms with van der Waals surface area (Å²) in [5.41, 5.74) is 1.78. The van der Waals surface area contributed by atoms with Crippen LogP contribution in [0, 0.1) is 5.82 Å². The van der Waals surface area contributed by atoms with Gasteiger partial charge in [-0.05, 0) is 31.5 Å². The average Bonchev–Trinajstić information content (AvgIpc) is 2.93. The van der Waals surface area contributed by atoms with E-state index in [0.29, 0.717) is 12.1 Å². The number of nitrogens with zero attached hydrogens (tertiary/aromatic N) is 2. The Kier molecular flexibility index (Phi) is 4.87. The first-order valence-electron chi connectivity index (χ1n) is 6.78. The van der Waals surface area contributed by atoms with E-state index in [0.717, 1.165) is 12.1 Å². The number of nitrogens with one attached hydrogen (secondary N) is 1. The smallest absolute Gasteiger partial charge is 0.123 e. The Bertz CT molecular complexity index is 538. The Morgan fingerprint density at radius 2 is 2.05 bits per heavy atom. The minimum atomic E-state index is -0.670. The Hall–Kier alpha value is -1.72. The van der Waals surface area contributed by atoms with Crippen molar-refractivity contribution in [2.24, 2.45) is 0 Å². The second-order valence-electron chi connectivity index (χ2n) is 4.87. The molecule has 2 atom stereocenters. The van der Waals surface area contributed by atoms with Crippen LogP contribution in [0.15, 0.2) is 36.7 Å². The van der Waals surface area contributed by atoms with E-state index in [1.54, 1.807) is 12.1 Å². The maximum Gasteiger partial charge on any atom is 0.123 e. The molecule has 0 fully saturated rings. The van der Waals surface area contributed by atoms with Crippen LogP contribution < -0.4 is 5.32 Å². The third kappa shape index (κ3) is 3.65. The number of hydrogen-bond acceptors (Lipinski definition) is 3. The number of aryl methyl sites for hydroxylation is 1. The summed E-state index contributed by atoms with van der Waals surface area (Å²) in [6, 6.07) is 5.79. The molecule has 0 saturated heterocycles. The molecular weight excluding hydrogens is 257 g/mol. The summed E-state index contributed by atoms with van der Waals surface area (Å²) in [6.45, 7) is 5.41. The third-order valence-corrected chi connectivity index (χ3v) is 3.32. The monoisotopic (exact) mass is 277 g/mol. The van der Waals surface area contributed by atoms with Crippen LogP contribution >= 0.6 is 0 Å². The zero-order valence-electron chi connectivity index (χ0n) is 11.8. The van der Waals surface area contributed by atoms with E-state index >= 15 is 0 Å². The zero-order valence-corrected chi connectivity index (χ0v) is 11.8. The minimum Gasteiger partial charge on any atom is -0.387 e. The fourth-order valence-electron chi connectivity index (χ4n) is 2.01. The van der Waals surface area contributed by atoms with Crippen LogP contribution in [0.5, 0.6) is 0 Å². The number of hydrogen-bond donors (Lipinski definition) is 2. The summed E-state index contributed by atoms with van der Waals surface area (Å²) in [4.78, 5) is 0. The quantitative estimate of drug-likeness (QED) is 0.851. The third-order valence-electron chi connectivity index (χ3n) is 3.32. The fourth-order valence-corrected chi connectivity index (χ4v) is 2.01. The highest BCUT2D eigenvalue weighted by Gasteiger charge is 2.16. The standard InChI is InChI=1S/C15H20FN3O/c1-3-19-10-12(9-18-19)8-17-11(2)15(20)13-4-6-14(16)7-5-13/h4-7,9-11,15,17,20H,3,8H2,1-2H3. The molecule has 5 heteroatoms. The number of aliphatic hydroxyl groups is 1. The molecule has 0 spiro atoms. The van der Waals surface area contributed by atoms with Crippen molar-refractivity contribution in [3.63, 3.8) is 0 Å². The van der Waals surface area contributed by atoms with Crippen molar-refractivity contribution >= 4 is 0 Å². The molecule has 20 heavy (non-hydrogen) atoms. The lowest BCUT2D eigenvalue weighted by Gasteiger charge is -2.20. The SMILES string of the molecule is CCn1cc(CNC(C)C(O)c2ccc(F)cc2)cn1. The largest absolute Gasteiger partial charge is 0.387 e. The highest BCUT2D eigenvalue weighted by molar-refractivity contribution is 5.19. The Morgan fingerprint density at radius 3 is 2.65 bits per heavy atom. The molecule has 0 radical (unpaired) electrons. The van der Waals surface area contributed by atoms with Gasteiger partial charge in [-0.15, -0.1) is 0 Å². The Balaban J connectivity index is 1.90. The van der Waals surface area contributed by atoms with E-state index in [2.05, 4.69) is 10.4 Å². The van der Waals surface area contributed by atoms with Gasteiger partial charge in [0, 0.05) is 30.9 Å². The molecule has 2 N–H and O–H groups in total. The van der Waals surface area contributed by atoms with E-state index in [-0.39, 0.29) is 11.9 Å². The fraction of sp³-hybridized carbons (Fsp3) is 0.400. The summed E-state index contributed by atoms with van der Waals surface area (Å²) in [5.74, 6) is -0.298. The summed E-state index contributed by atoms with van der Waals surface area (Å²) in [6.07, 6.45) is 3.12. The van der Waals surface area contributed by atoms with Crippen LogP contribution in [0.4, 0.5) is 4.39 Å². The van der Waals surface area contributed by atoms with Gasteiger partial charge in [0.05, 0.1) is 12.3 Å². The second kappa shape index (κ2) is 6.63. The van der Waals surface area contributed by atoms with Crippen molar-refractivity contribution < 1.29 is 9.50 Å². The predicted molar refractivity (Wildman–Crippen MR) is 75.6 cm³/mol. The summed E-state index contributed by atoms with van der Waals surface area (Å²) in [7, 11) is 0. The second-order valence-corrected chi connectivity index (χ2v) is 4.87. The van der Waals surface area contributed by atoms with Gasteiger partial charge in [0.15, 0.2) is 0 Å². The van der Waals surface area contributed by atoms with E-state index in [9.17, 15) is 9.50 Å². The van der Waals surface area contributed by atoms with Gasteiger partial charge in [0.25, 0.3) is 0 Å². The van der Waals surface area contributed by atoms with Gasteiger partial charge in [-0.3, -0.25) is 4.68 Å². The Labute approximate surface area is 118 Å². The lowest BCUT2D eigenvalue weighted by molar-refractivity contribution is 0.135. The molecule has 0 saturated carbocycles. The molecule has 2 aromatic rings. The van der Waals surface area contributed by atoms with E-state index in [1.807, 2.05) is 30.9 Å².